The van der Waals surface area contributed by atoms with Crippen molar-refractivity contribution in [3.05, 3.63) is 54.0 Å². The van der Waals surface area contributed by atoms with Gasteiger partial charge in [0.05, 0.1) is 12.8 Å². The highest BCUT2D eigenvalue weighted by molar-refractivity contribution is 6.13. The first kappa shape index (κ1) is 14.4. The van der Waals surface area contributed by atoms with Gasteiger partial charge in [0.2, 0.25) is 11.8 Å². The van der Waals surface area contributed by atoms with Crippen LogP contribution in [0.15, 0.2) is 47.1 Å². The fourth-order valence-electron chi connectivity index (χ4n) is 2.41. The lowest BCUT2D eigenvalue weighted by atomic mass is 10.0. The van der Waals surface area contributed by atoms with Gasteiger partial charge in [0, 0.05) is 5.69 Å². The van der Waals surface area contributed by atoms with E-state index < -0.39 is 5.41 Å². The zero-order valence-electron chi connectivity index (χ0n) is 12.4. The summed E-state index contributed by atoms with van der Waals surface area (Å²) in [5.41, 5.74) is 0.844. The number of nitrogens with one attached hydrogen (secondary N) is 2. The number of carbonyl (C=O) groups is 2. The van der Waals surface area contributed by atoms with Crippen molar-refractivity contribution in [3.8, 4) is 0 Å². The maximum absolute atomic E-state index is 12.4. The second kappa shape index (κ2) is 5.67. The Labute approximate surface area is 128 Å². The maximum atomic E-state index is 12.4. The number of benzene rings is 1. The van der Waals surface area contributed by atoms with E-state index in [9.17, 15) is 9.59 Å². The Kier molecular flexibility index (Phi) is 3.71. The van der Waals surface area contributed by atoms with Crippen LogP contribution in [0.1, 0.15) is 24.2 Å². The first-order valence-corrected chi connectivity index (χ1v) is 7.29. The van der Waals surface area contributed by atoms with Crippen molar-refractivity contribution < 1.29 is 14.0 Å². The molecule has 22 heavy (non-hydrogen) atoms. The molecule has 2 amide bonds. The van der Waals surface area contributed by atoms with Crippen LogP contribution in [0.3, 0.4) is 0 Å². The molecule has 0 bridgehead atoms. The minimum absolute atomic E-state index is 0.241. The zero-order chi connectivity index (χ0) is 15.6. The van der Waals surface area contributed by atoms with E-state index >= 15 is 0 Å². The zero-order valence-corrected chi connectivity index (χ0v) is 12.4. The average molecular weight is 298 g/mol. The van der Waals surface area contributed by atoms with E-state index in [1.54, 1.807) is 18.4 Å². The summed E-state index contributed by atoms with van der Waals surface area (Å²) in [5.74, 6) is 0.187. The first-order valence-electron chi connectivity index (χ1n) is 7.29. The molecule has 1 aromatic heterocycles. The first-order chi connectivity index (χ1) is 10.6. The number of anilines is 1. The highest BCUT2D eigenvalue weighted by Gasteiger charge is 2.56. The number of hydrogen-bond acceptors (Lipinski definition) is 3. The van der Waals surface area contributed by atoms with Gasteiger partial charge in [-0.05, 0) is 49.6 Å². The van der Waals surface area contributed by atoms with E-state index in [1.807, 2.05) is 31.2 Å². The van der Waals surface area contributed by atoms with E-state index in [0.717, 1.165) is 11.3 Å². The Morgan fingerprint density at radius 2 is 2.00 bits per heavy atom. The van der Waals surface area contributed by atoms with E-state index in [4.69, 9.17) is 4.42 Å². The highest BCUT2D eigenvalue weighted by atomic mass is 16.3. The molecule has 0 unspecified atom stereocenters. The number of furan rings is 1. The summed E-state index contributed by atoms with van der Waals surface area (Å²) in [5, 5.41) is 5.61. The molecule has 1 aromatic carbocycles. The van der Waals surface area contributed by atoms with Crippen LogP contribution in [-0.4, -0.2) is 11.8 Å². The van der Waals surface area contributed by atoms with Crippen LogP contribution in [0, 0.1) is 12.3 Å². The van der Waals surface area contributed by atoms with Gasteiger partial charge in [0.15, 0.2) is 0 Å². The second-order valence-electron chi connectivity index (χ2n) is 5.67. The molecule has 0 atom stereocenters. The van der Waals surface area contributed by atoms with Crippen molar-refractivity contribution in [2.75, 3.05) is 5.32 Å². The molecule has 1 aliphatic carbocycles. The molecule has 2 aromatic rings. The van der Waals surface area contributed by atoms with Crippen molar-refractivity contribution in [1.82, 2.24) is 5.32 Å². The summed E-state index contributed by atoms with van der Waals surface area (Å²) in [6.45, 7) is 2.25. The Hall–Kier alpha value is -2.56. The Bertz CT molecular complexity index is 688. The highest BCUT2D eigenvalue weighted by Crippen LogP contribution is 2.46. The van der Waals surface area contributed by atoms with E-state index in [1.165, 1.54) is 0 Å². The molecule has 0 spiro atoms. The summed E-state index contributed by atoms with van der Waals surface area (Å²) in [4.78, 5) is 24.7. The fraction of sp³-hybridized carbons (Fsp3) is 0.294. The standard InChI is InChI=1S/C17H18N2O3/c1-12-4-2-5-13(10-12)19-16(21)17(7-8-17)15(20)18-11-14-6-3-9-22-14/h2-6,9-10H,7-8,11H2,1H3,(H,18,20)(H,19,21). The number of amides is 2. The molecule has 114 valence electrons. The molecule has 3 rings (SSSR count). The van der Waals surface area contributed by atoms with Crippen LogP contribution in [0.4, 0.5) is 5.69 Å². The summed E-state index contributed by atoms with van der Waals surface area (Å²) < 4.78 is 5.17. The van der Waals surface area contributed by atoms with Gasteiger partial charge in [-0.25, -0.2) is 0 Å². The number of carbonyl (C=O) groups excluding carboxylic acids is 2. The van der Waals surface area contributed by atoms with Crippen molar-refractivity contribution in [3.63, 3.8) is 0 Å². The second-order valence-corrected chi connectivity index (χ2v) is 5.67. The lowest BCUT2D eigenvalue weighted by molar-refractivity contribution is -0.134. The SMILES string of the molecule is Cc1cccc(NC(=O)C2(C(=O)NCc3ccco3)CC2)c1. The molecule has 5 heteroatoms. The average Bonchev–Trinajstić information content (AvgIpc) is 3.15. The van der Waals surface area contributed by atoms with E-state index in [-0.39, 0.29) is 11.8 Å². The quantitative estimate of drug-likeness (QED) is 0.834. The summed E-state index contributed by atoms with van der Waals surface area (Å²) in [6, 6.07) is 11.1. The summed E-state index contributed by atoms with van der Waals surface area (Å²) in [6.07, 6.45) is 2.71. The lowest BCUT2D eigenvalue weighted by Gasteiger charge is -2.15. The monoisotopic (exact) mass is 298 g/mol. The van der Waals surface area contributed by atoms with Crippen LogP contribution in [-0.2, 0) is 16.1 Å². The normalized spacial score (nSPS) is 15.1. The largest absolute Gasteiger partial charge is 0.467 e. The molecule has 1 aliphatic rings. The molecule has 0 saturated heterocycles. The third kappa shape index (κ3) is 2.88. The molecule has 1 heterocycles. The van der Waals surface area contributed by atoms with Gasteiger partial charge < -0.3 is 15.1 Å². The Balaban J connectivity index is 1.62. The molecule has 2 N–H and O–H groups in total. The number of hydrogen-bond donors (Lipinski definition) is 2. The van der Waals surface area contributed by atoms with Gasteiger partial charge in [0.1, 0.15) is 11.2 Å². The topological polar surface area (TPSA) is 71.3 Å². The van der Waals surface area contributed by atoms with E-state index in [2.05, 4.69) is 10.6 Å². The van der Waals surface area contributed by atoms with Crippen molar-refractivity contribution in [2.24, 2.45) is 5.41 Å². The van der Waals surface area contributed by atoms with Crippen LogP contribution in [0.5, 0.6) is 0 Å². The number of aryl methyl sites for hydroxylation is 1. The summed E-state index contributed by atoms with van der Waals surface area (Å²) in [7, 11) is 0. The van der Waals surface area contributed by atoms with Crippen molar-refractivity contribution in [2.45, 2.75) is 26.3 Å². The maximum Gasteiger partial charge on any atom is 0.240 e. The molecule has 0 radical (unpaired) electrons. The van der Waals surface area contributed by atoms with Gasteiger partial charge in [-0.1, -0.05) is 12.1 Å². The molecule has 0 aliphatic heterocycles. The minimum Gasteiger partial charge on any atom is -0.467 e. The predicted octanol–water partition coefficient (Wildman–Crippen LogP) is 2.62. The third-order valence-electron chi connectivity index (χ3n) is 3.90. The minimum atomic E-state index is -0.934. The molecule has 1 fully saturated rings. The smallest absolute Gasteiger partial charge is 0.240 e. The lowest BCUT2D eigenvalue weighted by Crippen LogP contribution is -2.39. The van der Waals surface area contributed by atoms with E-state index in [0.29, 0.717) is 25.1 Å². The van der Waals surface area contributed by atoms with Gasteiger partial charge >= 0.3 is 0 Å². The Morgan fingerprint density at radius 3 is 2.64 bits per heavy atom. The van der Waals surface area contributed by atoms with Crippen LogP contribution < -0.4 is 10.6 Å². The van der Waals surface area contributed by atoms with Crippen LogP contribution in [0.2, 0.25) is 0 Å². The molecule has 1 saturated carbocycles. The Morgan fingerprint density at radius 1 is 1.18 bits per heavy atom. The predicted molar refractivity (Wildman–Crippen MR) is 82.0 cm³/mol. The van der Waals surface area contributed by atoms with Gasteiger partial charge in [-0.15, -0.1) is 0 Å². The van der Waals surface area contributed by atoms with Crippen molar-refractivity contribution >= 4 is 17.5 Å². The van der Waals surface area contributed by atoms with Crippen LogP contribution in [0.25, 0.3) is 0 Å². The van der Waals surface area contributed by atoms with Gasteiger partial charge in [0.25, 0.3) is 0 Å². The molecule has 5 nitrogen and oxygen atoms in total. The van der Waals surface area contributed by atoms with Gasteiger partial charge in [-0.3, -0.25) is 9.59 Å². The van der Waals surface area contributed by atoms with Gasteiger partial charge in [-0.2, -0.15) is 0 Å². The molecular formula is C17H18N2O3. The van der Waals surface area contributed by atoms with Crippen LogP contribution >= 0.6 is 0 Å². The molecular weight excluding hydrogens is 280 g/mol. The number of rotatable bonds is 5. The fourth-order valence-corrected chi connectivity index (χ4v) is 2.41. The third-order valence-corrected chi connectivity index (χ3v) is 3.90. The van der Waals surface area contributed by atoms with Crippen molar-refractivity contribution in [1.29, 1.82) is 0 Å². The summed E-state index contributed by atoms with van der Waals surface area (Å²) >= 11 is 0.